The lowest BCUT2D eigenvalue weighted by Gasteiger charge is -2.41. The molecule has 0 aliphatic carbocycles. The molecule has 0 bridgehead atoms. The molecular formula is C63H40B2N4. The first kappa shape index (κ1) is 37.4. The molecule has 0 fully saturated rings. The van der Waals surface area contributed by atoms with Gasteiger partial charge in [-0.05, 0) is 116 Å². The van der Waals surface area contributed by atoms with Crippen LogP contribution in [-0.2, 0) is 0 Å². The molecular weight excluding hydrogens is 834 g/mol. The number of aromatic nitrogens is 2. The largest absolute Gasteiger partial charge is 0.375 e. The number of rotatable bonds is 4. The summed E-state index contributed by atoms with van der Waals surface area (Å²) in [7, 11) is 2.23. The lowest BCUT2D eigenvalue weighted by Crippen LogP contribution is -2.59. The van der Waals surface area contributed by atoms with Crippen LogP contribution in [0.25, 0.3) is 87.4 Å². The molecule has 3 aliphatic heterocycles. The van der Waals surface area contributed by atoms with Gasteiger partial charge in [0.05, 0.1) is 0 Å². The van der Waals surface area contributed by atoms with Crippen molar-refractivity contribution in [1.82, 2.24) is 8.96 Å². The van der Waals surface area contributed by atoms with Gasteiger partial charge < -0.3 is 18.8 Å². The van der Waals surface area contributed by atoms with Crippen LogP contribution in [0.3, 0.4) is 0 Å². The maximum absolute atomic E-state index is 2.71. The molecule has 69 heavy (non-hydrogen) atoms. The first-order chi connectivity index (χ1) is 34.2. The van der Waals surface area contributed by atoms with Gasteiger partial charge in [0.2, 0.25) is 0 Å². The van der Waals surface area contributed by atoms with Crippen molar-refractivity contribution in [1.29, 1.82) is 0 Å². The number of fused-ring (bicyclic) bond motifs is 16. The molecule has 16 rings (SSSR count). The number of benzene rings is 11. The second kappa shape index (κ2) is 13.7. The standard InChI is InChI=1S/C63H40B2N4/c1-66(42-20-4-2-5-21-42)56-32-16-28-48-58-44-24-10-8-18-39(44)36-50-46-26-12-14-30-53(46)68(62(50)58)64(60(48)56)41-34-35-55-52(38-41)65-61-49(29-17-33-57(61)67(55)43-22-6-3-7-23-43)59-45-25-11-9-19-40(45)37-51-47-27-13-15-31-54(47)69(65)63(51)59/h2-38H,1H3. The first-order valence-electron chi connectivity index (χ1n) is 24.1. The monoisotopic (exact) mass is 874 g/mol. The Morgan fingerprint density at radius 1 is 0.391 bits per heavy atom. The molecule has 0 radical (unpaired) electrons. The molecule has 13 aromatic rings. The zero-order chi connectivity index (χ0) is 45.1. The van der Waals surface area contributed by atoms with Crippen molar-refractivity contribution < 1.29 is 0 Å². The van der Waals surface area contributed by atoms with E-state index in [1.807, 2.05) is 0 Å². The Kier molecular flexibility index (Phi) is 7.41. The topological polar surface area (TPSA) is 16.3 Å². The lowest BCUT2D eigenvalue weighted by molar-refractivity contribution is 1.21. The number of hydrogen-bond acceptors (Lipinski definition) is 2. The summed E-state index contributed by atoms with van der Waals surface area (Å²) in [6.45, 7) is -0.253. The van der Waals surface area contributed by atoms with E-state index in [-0.39, 0.29) is 13.7 Å². The van der Waals surface area contributed by atoms with E-state index in [0.29, 0.717) is 0 Å². The Morgan fingerprint density at radius 2 is 0.928 bits per heavy atom. The van der Waals surface area contributed by atoms with Crippen LogP contribution in [0.15, 0.2) is 224 Å². The van der Waals surface area contributed by atoms with Crippen molar-refractivity contribution in [3.8, 4) is 22.3 Å². The van der Waals surface area contributed by atoms with Gasteiger partial charge in [-0.25, -0.2) is 0 Å². The van der Waals surface area contributed by atoms with Crippen molar-refractivity contribution in [2.75, 3.05) is 16.8 Å². The molecule has 0 atom stereocenters. The minimum Gasteiger partial charge on any atom is -0.375 e. The van der Waals surface area contributed by atoms with Crippen LogP contribution in [-0.4, -0.2) is 29.7 Å². The summed E-state index contributed by atoms with van der Waals surface area (Å²) < 4.78 is 5.40. The maximum Gasteiger partial charge on any atom is 0.333 e. The smallest absolute Gasteiger partial charge is 0.333 e. The third-order valence-corrected chi connectivity index (χ3v) is 15.9. The molecule has 6 heteroatoms. The molecule has 318 valence electrons. The van der Waals surface area contributed by atoms with Gasteiger partial charge in [0, 0.05) is 90.2 Å². The second-order valence-electron chi connectivity index (χ2n) is 19.2. The number of nitrogens with zero attached hydrogens (tertiary/aromatic N) is 4. The van der Waals surface area contributed by atoms with Gasteiger partial charge >= 0.3 is 13.7 Å². The normalized spacial score (nSPS) is 13.2. The van der Waals surface area contributed by atoms with Crippen LogP contribution in [0.5, 0.6) is 0 Å². The van der Waals surface area contributed by atoms with Gasteiger partial charge in [0.25, 0.3) is 0 Å². The van der Waals surface area contributed by atoms with E-state index in [1.165, 1.54) is 126 Å². The Bertz CT molecular complexity index is 4360. The first-order valence-corrected chi connectivity index (χ1v) is 24.1. The number of para-hydroxylation sites is 4. The van der Waals surface area contributed by atoms with E-state index in [1.54, 1.807) is 0 Å². The van der Waals surface area contributed by atoms with E-state index in [2.05, 4.69) is 250 Å². The minimum atomic E-state index is -0.160. The van der Waals surface area contributed by atoms with Crippen LogP contribution in [0.4, 0.5) is 28.4 Å². The van der Waals surface area contributed by atoms with Crippen molar-refractivity contribution in [3.05, 3.63) is 224 Å². The summed E-state index contributed by atoms with van der Waals surface area (Å²) in [5.74, 6) is 0. The van der Waals surface area contributed by atoms with Crippen molar-refractivity contribution >= 4 is 129 Å². The fraction of sp³-hybridized carbons (Fsp3) is 0.0159. The van der Waals surface area contributed by atoms with Gasteiger partial charge in [-0.3, -0.25) is 0 Å². The summed E-state index contributed by atoms with van der Waals surface area (Å²) in [6, 6.07) is 84.3. The Balaban J connectivity index is 1.05. The SMILES string of the molecule is CN(c1ccccc1)c1cccc2c1B(c1ccc3c(c1)B1c4c(cccc4N3c3ccccc3)-c3c4ccccc4cc4c5ccccc5n1c34)n1c3ccccc3c3cc4ccccc4c-2c31. The third kappa shape index (κ3) is 4.85. The molecule has 0 spiro atoms. The van der Waals surface area contributed by atoms with Gasteiger partial charge in [0.1, 0.15) is 0 Å². The highest BCUT2D eigenvalue weighted by atomic mass is 15.2. The Labute approximate surface area is 399 Å². The van der Waals surface area contributed by atoms with E-state index < -0.39 is 0 Å². The molecule has 0 saturated heterocycles. The van der Waals surface area contributed by atoms with E-state index >= 15 is 0 Å². The Morgan fingerprint density at radius 3 is 1.58 bits per heavy atom. The van der Waals surface area contributed by atoms with Crippen LogP contribution >= 0.6 is 0 Å². The molecule has 0 saturated carbocycles. The molecule has 11 aromatic carbocycles. The van der Waals surface area contributed by atoms with Crippen LogP contribution in [0, 0.1) is 0 Å². The van der Waals surface area contributed by atoms with Gasteiger partial charge in [-0.2, -0.15) is 0 Å². The fourth-order valence-corrected chi connectivity index (χ4v) is 13.1. The molecule has 4 nitrogen and oxygen atoms in total. The Hall–Kier alpha value is -8.73. The molecule has 5 heterocycles. The highest BCUT2D eigenvalue weighted by Gasteiger charge is 2.45. The average molecular weight is 875 g/mol. The van der Waals surface area contributed by atoms with Crippen LogP contribution in [0.1, 0.15) is 0 Å². The predicted molar refractivity (Wildman–Crippen MR) is 295 cm³/mol. The molecule has 0 unspecified atom stereocenters. The van der Waals surface area contributed by atoms with Gasteiger partial charge in [-0.1, -0.05) is 163 Å². The molecule has 0 N–H and O–H groups in total. The zero-order valence-corrected chi connectivity index (χ0v) is 37.8. The van der Waals surface area contributed by atoms with Gasteiger partial charge in [-0.15, -0.1) is 0 Å². The summed E-state index contributed by atoms with van der Waals surface area (Å²) >= 11 is 0. The summed E-state index contributed by atoms with van der Waals surface area (Å²) in [5, 5.41) is 10.3. The second-order valence-corrected chi connectivity index (χ2v) is 19.2. The predicted octanol–water partition coefficient (Wildman–Crippen LogP) is 13.0. The maximum atomic E-state index is 2.71. The molecule has 2 aromatic heterocycles. The highest BCUT2D eigenvalue weighted by Crippen LogP contribution is 2.49. The van der Waals surface area contributed by atoms with E-state index in [9.17, 15) is 0 Å². The minimum absolute atomic E-state index is 0.0925. The van der Waals surface area contributed by atoms with Gasteiger partial charge in [0.15, 0.2) is 0 Å². The zero-order valence-electron chi connectivity index (χ0n) is 37.8. The summed E-state index contributed by atoms with van der Waals surface area (Å²) in [4.78, 5) is 4.93. The van der Waals surface area contributed by atoms with Crippen LogP contribution in [0.2, 0.25) is 0 Å². The van der Waals surface area contributed by atoms with Crippen molar-refractivity contribution in [2.24, 2.45) is 0 Å². The van der Waals surface area contributed by atoms with Crippen LogP contribution < -0.4 is 31.7 Å². The highest BCUT2D eigenvalue weighted by molar-refractivity contribution is 6.92. The van der Waals surface area contributed by atoms with E-state index in [0.717, 1.165) is 11.4 Å². The lowest BCUT2D eigenvalue weighted by atomic mass is 9.42. The average Bonchev–Trinajstić information content (AvgIpc) is 3.92. The fourth-order valence-electron chi connectivity index (χ4n) is 13.1. The summed E-state index contributed by atoms with van der Waals surface area (Å²) in [5.41, 5.74) is 21.4. The van der Waals surface area contributed by atoms with E-state index in [4.69, 9.17) is 0 Å². The van der Waals surface area contributed by atoms with Crippen molar-refractivity contribution in [3.63, 3.8) is 0 Å². The summed E-state index contributed by atoms with van der Waals surface area (Å²) in [6.07, 6.45) is 0. The number of hydrogen-bond donors (Lipinski definition) is 0. The van der Waals surface area contributed by atoms with Crippen molar-refractivity contribution in [2.45, 2.75) is 0 Å². The molecule has 0 amide bonds. The molecule has 3 aliphatic rings. The quantitative estimate of drug-likeness (QED) is 0.164. The number of anilines is 5. The third-order valence-electron chi connectivity index (χ3n) is 15.9.